The van der Waals surface area contributed by atoms with Crippen molar-refractivity contribution in [2.75, 3.05) is 0 Å². The van der Waals surface area contributed by atoms with Crippen molar-refractivity contribution in [2.45, 2.75) is 0 Å². The first-order chi connectivity index (χ1) is 6.22. The maximum Gasteiger partial charge on any atom is 0.0991 e. The van der Waals surface area contributed by atoms with Crippen LogP contribution in [0.15, 0.2) is 18.2 Å². The fourth-order valence-corrected chi connectivity index (χ4v) is 1.77. The molecule has 4 heteroatoms. The van der Waals surface area contributed by atoms with Gasteiger partial charge in [0.25, 0.3) is 0 Å². The summed E-state index contributed by atoms with van der Waals surface area (Å²) in [6, 6.07) is 7.67. The second kappa shape index (κ2) is 2.83. The number of fused-ring (bicyclic) bond motifs is 1. The SMILES string of the molecule is Cn1nc(P)c2cc(C#N)ccc21. The quantitative estimate of drug-likeness (QED) is 0.579. The molecule has 0 saturated heterocycles. The molecule has 13 heavy (non-hydrogen) atoms. The van der Waals surface area contributed by atoms with E-state index in [-0.39, 0.29) is 0 Å². The third-order valence-corrected chi connectivity index (χ3v) is 2.43. The second-order valence-corrected chi connectivity index (χ2v) is 3.40. The molecule has 2 rings (SSSR count). The van der Waals surface area contributed by atoms with Crippen LogP contribution in [0, 0.1) is 11.3 Å². The lowest BCUT2D eigenvalue weighted by atomic mass is 10.2. The zero-order valence-corrected chi connectivity index (χ0v) is 8.31. The number of aryl methyl sites for hydroxylation is 1. The summed E-state index contributed by atoms with van der Waals surface area (Å²) in [6.45, 7) is 0. The van der Waals surface area contributed by atoms with E-state index >= 15 is 0 Å². The van der Waals surface area contributed by atoms with E-state index in [1.807, 2.05) is 19.2 Å². The molecule has 1 aromatic carbocycles. The molecule has 0 bridgehead atoms. The van der Waals surface area contributed by atoms with E-state index in [0.29, 0.717) is 5.56 Å². The minimum Gasteiger partial charge on any atom is -0.267 e. The maximum absolute atomic E-state index is 8.71. The Morgan fingerprint density at radius 3 is 3.00 bits per heavy atom. The molecule has 0 aliphatic carbocycles. The van der Waals surface area contributed by atoms with Gasteiger partial charge in [-0.3, -0.25) is 4.68 Å². The van der Waals surface area contributed by atoms with Crippen LogP contribution >= 0.6 is 9.24 Å². The number of aromatic nitrogens is 2. The van der Waals surface area contributed by atoms with Gasteiger partial charge in [-0.1, -0.05) is 9.24 Å². The van der Waals surface area contributed by atoms with Crippen molar-refractivity contribution in [1.82, 2.24) is 9.78 Å². The van der Waals surface area contributed by atoms with Gasteiger partial charge >= 0.3 is 0 Å². The molecule has 0 amide bonds. The summed E-state index contributed by atoms with van der Waals surface area (Å²) in [7, 11) is 4.46. The third kappa shape index (κ3) is 1.20. The summed E-state index contributed by atoms with van der Waals surface area (Å²) in [5.41, 5.74) is 2.60. The molecule has 0 aliphatic heterocycles. The van der Waals surface area contributed by atoms with E-state index in [1.165, 1.54) is 0 Å². The number of hydrogen-bond acceptors (Lipinski definition) is 2. The smallest absolute Gasteiger partial charge is 0.0991 e. The molecule has 64 valence electrons. The van der Waals surface area contributed by atoms with E-state index in [1.54, 1.807) is 10.7 Å². The Labute approximate surface area is 78.2 Å². The van der Waals surface area contributed by atoms with Gasteiger partial charge in [-0.25, -0.2) is 0 Å². The normalized spacial score (nSPS) is 10.2. The maximum atomic E-state index is 8.71. The van der Waals surface area contributed by atoms with Crippen LogP contribution in [0.2, 0.25) is 0 Å². The van der Waals surface area contributed by atoms with Crippen molar-refractivity contribution in [3.05, 3.63) is 23.8 Å². The average Bonchev–Trinajstić information content (AvgIpc) is 2.42. The summed E-state index contributed by atoms with van der Waals surface area (Å²) in [5, 5.41) is 14.0. The summed E-state index contributed by atoms with van der Waals surface area (Å²) in [6.07, 6.45) is 0. The molecule has 0 saturated carbocycles. The van der Waals surface area contributed by atoms with Gasteiger partial charge in [0.1, 0.15) is 0 Å². The van der Waals surface area contributed by atoms with Crippen LogP contribution < -0.4 is 5.44 Å². The van der Waals surface area contributed by atoms with Crippen LogP contribution in [0.4, 0.5) is 0 Å². The Balaban J connectivity index is 2.86. The van der Waals surface area contributed by atoms with E-state index in [0.717, 1.165) is 16.3 Å². The summed E-state index contributed by atoms with van der Waals surface area (Å²) < 4.78 is 1.80. The highest BCUT2D eigenvalue weighted by molar-refractivity contribution is 7.27. The van der Waals surface area contributed by atoms with Crippen molar-refractivity contribution < 1.29 is 0 Å². The van der Waals surface area contributed by atoms with E-state index in [4.69, 9.17) is 5.26 Å². The minimum absolute atomic E-state index is 0.671. The van der Waals surface area contributed by atoms with Gasteiger partial charge in [0, 0.05) is 12.4 Å². The molecule has 1 unspecified atom stereocenters. The fourth-order valence-electron chi connectivity index (χ4n) is 1.36. The van der Waals surface area contributed by atoms with Crippen molar-refractivity contribution in [1.29, 1.82) is 5.26 Å². The van der Waals surface area contributed by atoms with E-state index < -0.39 is 0 Å². The molecular weight excluding hydrogens is 181 g/mol. The van der Waals surface area contributed by atoms with E-state index in [2.05, 4.69) is 20.4 Å². The van der Waals surface area contributed by atoms with Crippen LogP contribution in [0.25, 0.3) is 10.9 Å². The number of rotatable bonds is 0. The largest absolute Gasteiger partial charge is 0.267 e. The van der Waals surface area contributed by atoms with Crippen LogP contribution in [0.1, 0.15) is 5.56 Å². The van der Waals surface area contributed by atoms with Crippen LogP contribution in [0.3, 0.4) is 0 Å². The highest BCUT2D eigenvalue weighted by Gasteiger charge is 2.04. The van der Waals surface area contributed by atoms with Crippen LogP contribution in [0.5, 0.6) is 0 Å². The molecule has 3 nitrogen and oxygen atoms in total. The van der Waals surface area contributed by atoms with Gasteiger partial charge in [0.15, 0.2) is 0 Å². The zero-order chi connectivity index (χ0) is 9.42. The number of nitriles is 1. The van der Waals surface area contributed by atoms with Crippen molar-refractivity contribution >= 4 is 25.6 Å². The molecule has 1 heterocycles. The Hall–Kier alpha value is -1.39. The van der Waals surface area contributed by atoms with Gasteiger partial charge in [-0.2, -0.15) is 10.4 Å². The van der Waals surface area contributed by atoms with Gasteiger partial charge in [-0.05, 0) is 18.2 Å². The standard InChI is InChI=1S/C9H8N3P/c1-12-8-3-2-6(5-10)4-7(8)9(13)11-12/h2-4H,13H2,1H3. The van der Waals surface area contributed by atoms with Crippen LogP contribution in [-0.2, 0) is 7.05 Å². The topological polar surface area (TPSA) is 41.6 Å². The average molecular weight is 189 g/mol. The predicted octanol–water partition coefficient (Wildman–Crippen LogP) is 0.945. The van der Waals surface area contributed by atoms with Crippen molar-refractivity contribution in [2.24, 2.45) is 7.05 Å². The van der Waals surface area contributed by atoms with Gasteiger partial charge in [-0.15, -0.1) is 0 Å². The second-order valence-electron chi connectivity index (χ2n) is 2.85. The lowest BCUT2D eigenvalue weighted by molar-refractivity contribution is 0.807. The Morgan fingerprint density at radius 1 is 1.54 bits per heavy atom. The van der Waals surface area contributed by atoms with Crippen molar-refractivity contribution in [3.63, 3.8) is 0 Å². The minimum atomic E-state index is 0.671. The summed E-state index contributed by atoms with van der Waals surface area (Å²) >= 11 is 0. The monoisotopic (exact) mass is 189 g/mol. The first-order valence-corrected chi connectivity index (χ1v) is 4.42. The molecule has 1 aromatic heterocycles. The molecule has 0 aliphatic rings. The first kappa shape index (κ1) is 8.22. The zero-order valence-electron chi connectivity index (χ0n) is 7.15. The highest BCUT2D eigenvalue weighted by Crippen LogP contribution is 2.14. The summed E-state index contributed by atoms with van der Waals surface area (Å²) in [5.74, 6) is 0. The highest BCUT2D eigenvalue weighted by atomic mass is 31.0. The van der Waals surface area contributed by atoms with Crippen LogP contribution in [-0.4, -0.2) is 9.78 Å². The van der Waals surface area contributed by atoms with Gasteiger partial charge in [0.05, 0.1) is 22.6 Å². The number of hydrogen-bond donors (Lipinski definition) is 0. The Bertz CT molecular complexity index is 507. The van der Waals surface area contributed by atoms with E-state index in [9.17, 15) is 0 Å². The number of nitrogens with zero attached hydrogens (tertiary/aromatic N) is 3. The predicted molar refractivity (Wildman–Crippen MR) is 54.8 cm³/mol. The Kier molecular flexibility index (Phi) is 1.79. The lowest BCUT2D eigenvalue weighted by Gasteiger charge is -1.92. The molecule has 1 atom stereocenters. The molecule has 0 fully saturated rings. The van der Waals surface area contributed by atoms with Crippen molar-refractivity contribution in [3.8, 4) is 6.07 Å². The van der Waals surface area contributed by atoms with Gasteiger partial charge in [0.2, 0.25) is 0 Å². The Morgan fingerprint density at radius 2 is 2.31 bits per heavy atom. The summed E-state index contributed by atoms with van der Waals surface area (Å²) in [4.78, 5) is 0. The number of benzene rings is 1. The lowest BCUT2D eigenvalue weighted by Crippen LogP contribution is -1.95. The third-order valence-electron chi connectivity index (χ3n) is 2.01. The fraction of sp³-hybridized carbons (Fsp3) is 0.111. The molecule has 0 radical (unpaired) electrons. The molecular formula is C9H8N3P. The first-order valence-electron chi connectivity index (χ1n) is 3.84. The molecule has 2 aromatic rings. The molecule has 0 spiro atoms. The molecule has 0 N–H and O–H groups in total. The van der Waals surface area contributed by atoms with Gasteiger partial charge < -0.3 is 0 Å².